The number of allylic oxidation sites excluding steroid dienone is 2. The van der Waals surface area contributed by atoms with Crippen LogP contribution in [0, 0.1) is 0 Å². The van der Waals surface area contributed by atoms with Gasteiger partial charge in [0.05, 0.1) is 0 Å². The van der Waals surface area contributed by atoms with E-state index in [1.807, 2.05) is 0 Å². The van der Waals surface area contributed by atoms with Crippen molar-refractivity contribution in [2.75, 3.05) is 0 Å². The molecule has 0 aromatic heterocycles. The molecule has 3 heteroatoms. The van der Waals surface area contributed by atoms with Crippen molar-refractivity contribution in [3.05, 3.63) is 11.5 Å². The van der Waals surface area contributed by atoms with Crippen LogP contribution >= 0.6 is 31.5 Å². The normalized spacial score (nSPS) is 19.1. The summed E-state index contributed by atoms with van der Waals surface area (Å²) in [5, 5.41) is 0. The van der Waals surface area contributed by atoms with Gasteiger partial charge in [0.15, 0.2) is 0 Å². The molecule has 0 amide bonds. The van der Waals surface area contributed by atoms with E-state index in [1.54, 1.807) is 0 Å². The van der Waals surface area contributed by atoms with E-state index in [1.165, 1.54) is 31.2 Å². The molecule has 0 atom stereocenters. The van der Waals surface area contributed by atoms with Crippen LogP contribution in [-0.2, 0) is 0 Å². The number of hydrogen-bond acceptors (Lipinski definition) is 0. The van der Waals surface area contributed by atoms with Gasteiger partial charge >= 0.3 is 4.36 Å². The van der Waals surface area contributed by atoms with Crippen molar-refractivity contribution < 1.29 is 0 Å². The monoisotopic (exact) mass is 250 g/mol. The Hall–Kier alpha value is 0.765. The summed E-state index contributed by atoms with van der Waals surface area (Å²) in [4.78, 5) is 0. The lowest BCUT2D eigenvalue weighted by atomic mass is 9.85. The Labute approximate surface area is 73.1 Å². The number of halogens is 2. The van der Waals surface area contributed by atoms with E-state index in [2.05, 4.69) is 37.6 Å². The van der Waals surface area contributed by atoms with Gasteiger partial charge < -0.3 is 0 Å². The van der Waals surface area contributed by atoms with Crippen molar-refractivity contribution in [3.63, 3.8) is 0 Å². The van der Waals surface area contributed by atoms with Crippen LogP contribution in [-0.4, -0.2) is 4.36 Å². The van der Waals surface area contributed by atoms with E-state index < -0.39 is 0 Å². The van der Waals surface area contributed by atoms with E-state index >= 15 is 0 Å². The Morgan fingerprint density at radius 1 is 1.33 bits per heavy atom. The summed E-state index contributed by atoms with van der Waals surface area (Å²) in [6.45, 7) is 0. The van der Waals surface area contributed by atoms with Gasteiger partial charge in [0.1, 0.15) is 0 Å². The highest BCUT2D eigenvalue weighted by atomic mass is 79.9. The molecule has 0 saturated heterocycles. The maximum absolute atomic E-state index is 3.48. The summed E-state index contributed by atoms with van der Waals surface area (Å²) in [7, 11) is 0. The highest BCUT2D eigenvalue weighted by Crippen LogP contribution is 2.24. The summed E-state index contributed by atoms with van der Waals surface area (Å²) in [5.41, 5.74) is 1.52. The summed E-state index contributed by atoms with van der Waals surface area (Å²) in [6.07, 6.45) is 7.59. The molecule has 0 radical (unpaired) electrons. The average molecular weight is 252 g/mol. The molecule has 50 valence electrons. The summed E-state index contributed by atoms with van der Waals surface area (Å²) in [6, 6.07) is 0. The fourth-order valence-corrected chi connectivity index (χ4v) is 1.89. The fourth-order valence-electron chi connectivity index (χ4n) is 1.06. The molecule has 0 nitrogen and oxygen atoms in total. The number of hydrogen-bond donors (Lipinski definition) is 0. The zero-order valence-electron chi connectivity index (χ0n) is 5.24. The SMILES string of the molecule is BrB(Br)C1=CCCCC1. The topological polar surface area (TPSA) is 0 Å². The molecule has 1 rings (SSSR count). The van der Waals surface area contributed by atoms with Gasteiger partial charge in [0.2, 0.25) is 0 Å². The van der Waals surface area contributed by atoms with Crippen LogP contribution in [0.1, 0.15) is 25.7 Å². The molecule has 0 spiro atoms. The summed E-state index contributed by atoms with van der Waals surface area (Å²) in [5.74, 6) is 0. The van der Waals surface area contributed by atoms with Crippen molar-refractivity contribution in [2.45, 2.75) is 25.7 Å². The Kier molecular flexibility index (Phi) is 3.34. The maximum atomic E-state index is 3.48. The first-order chi connectivity index (χ1) is 4.30. The van der Waals surface area contributed by atoms with Gasteiger partial charge in [-0.05, 0) is 25.7 Å². The molecule has 0 heterocycles. The molecule has 9 heavy (non-hydrogen) atoms. The molecule has 0 aromatic rings. The van der Waals surface area contributed by atoms with Gasteiger partial charge in [-0.2, -0.15) is 0 Å². The van der Waals surface area contributed by atoms with E-state index in [0.29, 0.717) is 4.36 Å². The maximum Gasteiger partial charge on any atom is 0.325 e. The minimum Gasteiger partial charge on any atom is -0.133 e. The van der Waals surface area contributed by atoms with Crippen LogP contribution in [0.15, 0.2) is 11.5 Å². The highest BCUT2D eigenvalue weighted by molar-refractivity contribution is 9.49. The number of rotatable bonds is 1. The third-order valence-electron chi connectivity index (χ3n) is 1.61. The largest absolute Gasteiger partial charge is 0.325 e. The standard InChI is InChI=1S/C6H9BBr2/c8-7(9)6-4-2-1-3-5-6/h4H,1-3,5H2. The molecule has 0 fully saturated rings. The molecule has 0 bridgehead atoms. The smallest absolute Gasteiger partial charge is 0.133 e. The highest BCUT2D eigenvalue weighted by Gasteiger charge is 2.12. The quantitative estimate of drug-likeness (QED) is 0.628. The molecular formula is C6H9BBr2. The average Bonchev–Trinajstić information content (AvgIpc) is 1.90. The molecule has 1 aliphatic rings. The predicted molar refractivity (Wildman–Crippen MR) is 50.2 cm³/mol. The zero-order valence-corrected chi connectivity index (χ0v) is 8.41. The van der Waals surface area contributed by atoms with Gasteiger partial charge in [-0.3, -0.25) is 0 Å². The first kappa shape index (κ1) is 7.87. The molecule has 0 aromatic carbocycles. The second kappa shape index (κ2) is 3.82. The second-order valence-electron chi connectivity index (χ2n) is 2.33. The van der Waals surface area contributed by atoms with Crippen molar-refractivity contribution in [3.8, 4) is 0 Å². The van der Waals surface area contributed by atoms with Crippen LogP contribution in [0.25, 0.3) is 0 Å². The summed E-state index contributed by atoms with van der Waals surface area (Å²) < 4.78 is 0.422. The van der Waals surface area contributed by atoms with Crippen molar-refractivity contribution in [1.29, 1.82) is 0 Å². The van der Waals surface area contributed by atoms with Crippen LogP contribution in [0.4, 0.5) is 0 Å². The summed E-state index contributed by atoms with van der Waals surface area (Å²) >= 11 is 6.97. The first-order valence-corrected chi connectivity index (χ1v) is 5.11. The van der Waals surface area contributed by atoms with Gasteiger partial charge in [0.25, 0.3) is 0 Å². The van der Waals surface area contributed by atoms with Gasteiger partial charge in [-0.15, -0.1) is 31.5 Å². The Bertz CT molecular complexity index is 120. The lowest BCUT2D eigenvalue weighted by Crippen LogP contribution is -2.01. The van der Waals surface area contributed by atoms with Gasteiger partial charge in [-0.1, -0.05) is 11.5 Å². The minimum absolute atomic E-state index is 0.422. The third-order valence-corrected chi connectivity index (χ3v) is 2.78. The first-order valence-electron chi connectivity index (χ1n) is 3.28. The minimum atomic E-state index is 0.422. The fraction of sp³-hybridized carbons (Fsp3) is 0.667. The Morgan fingerprint density at radius 3 is 2.44 bits per heavy atom. The molecule has 0 N–H and O–H groups in total. The van der Waals surface area contributed by atoms with Crippen LogP contribution in [0.3, 0.4) is 0 Å². The molecule has 0 aliphatic heterocycles. The van der Waals surface area contributed by atoms with Crippen molar-refractivity contribution >= 4 is 35.9 Å². The van der Waals surface area contributed by atoms with Crippen molar-refractivity contribution in [2.24, 2.45) is 0 Å². The van der Waals surface area contributed by atoms with E-state index in [-0.39, 0.29) is 0 Å². The molecular weight excluding hydrogens is 243 g/mol. The van der Waals surface area contributed by atoms with Gasteiger partial charge in [0, 0.05) is 0 Å². The second-order valence-corrected chi connectivity index (χ2v) is 5.39. The lowest BCUT2D eigenvalue weighted by Gasteiger charge is -2.10. The Balaban J connectivity index is 2.46. The van der Waals surface area contributed by atoms with E-state index in [4.69, 9.17) is 0 Å². The van der Waals surface area contributed by atoms with Crippen molar-refractivity contribution in [1.82, 2.24) is 0 Å². The van der Waals surface area contributed by atoms with E-state index in [0.717, 1.165) is 0 Å². The predicted octanol–water partition coefficient (Wildman–Crippen LogP) is 3.30. The van der Waals surface area contributed by atoms with Crippen LogP contribution in [0.2, 0.25) is 0 Å². The Morgan fingerprint density at radius 2 is 2.11 bits per heavy atom. The van der Waals surface area contributed by atoms with Crippen LogP contribution < -0.4 is 0 Å². The van der Waals surface area contributed by atoms with E-state index in [9.17, 15) is 0 Å². The van der Waals surface area contributed by atoms with Crippen LogP contribution in [0.5, 0.6) is 0 Å². The lowest BCUT2D eigenvalue weighted by molar-refractivity contribution is 0.721. The molecule has 0 saturated carbocycles. The third kappa shape index (κ3) is 2.46. The van der Waals surface area contributed by atoms with Gasteiger partial charge in [-0.25, -0.2) is 0 Å². The molecule has 1 aliphatic carbocycles. The molecule has 0 unspecified atom stereocenters. The zero-order chi connectivity index (χ0) is 6.69.